The first-order valence-corrected chi connectivity index (χ1v) is 10.1. The molecule has 0 fully saturated rings. The molecule has 8 nitrogen and oxygen atoms in total. The van der Waals surface area contributed by atoms with E-state index < -0.39 is 63.5 Å². The molecule has 0 spiro atoms. The molecule has 0 saturated heterocycles. The van der Waals surface area contributed by atoms with Gasteiger partial charge in [0.05, 0.1) is 0 Å². The molecular formula is C23H25NO7. The average molecular weight is 427 g/mol. The minimum absolute atomic E-state index is 0.000947. The van der Waals surface area contributed by atoms with Crippen molar-refractivity contribution >= 4 is 17.5 Å². The Balaban J connectivity index is 2.01. The molecule has 0 aromatic carbocycles. The number of nitrogens with two attached hydrogens (primary N) is 1. The lowest BCUT2D eigenvalue weighted by Crippen LogP contribution is -2.59. The summed E-state index contributed by atoms with van der Waals surface area (Å²) < 4.78 is 0. The lowest BCUT2D eigenvalue weighted by Gasteiger charge is -2.54. The van der Waals surface area contributed by atoms with E-state index in [0.717, 1.165) is 5.57 Å². The van der Waals surface area contributed by atoms with Crippen molar-refractivity contribution in [3.8, 4) is 0 Å². The number of aliphatic hydroxyl groups is 4. The van der Waals surface area contributed by atoms with Gasteiger partial charge in [0.2, 0.25) is 0 Å². The van der Waals surface area contributed by atoms with Gasteiger partial charge in [-0.15, -0.1) is 0 Å². The lowest BCUT2D eigenvalue weighted by atomic mass is 9.52. The van der Waals surface area contributed by atoms with Crippen LogP contribution in [0.2, 0.25) is 0 Å². The van der Waals surface area contributed by atoms with E-state index in [1.165, 1.54) is 13.0 Å². The summed E-state index contributed by atoms with van der Waals surface area (Å²) in [5.74, 6) is -5.98. The van der Waals surface area contributed by atoms with Crippen molar-refractivity contribution in [2.24, 2.45) is 23.0 Å². The molecule has 164 valence electrons. The first-order valence-electron chi connectivity index (χ1n) is 10.1. The number of carbonyl (C=O) groups is 3. The zero-order valence-corrected chi connectivity index (χ0v) is 17.5. The second-order valence-electron chi connectivity index (χ2n) is 9.05. The number of Topliss-reactive ketones (excluding diaryl/α,β-unsaturated/α-hetero) is 1. The summed E-state index contributed by atoms with van der Waals surface area (Å²) >= 11 is 0. The molecule has 5 unspecified atom stereocenters. The van der Waals surface area contributed by atoms with Crippen LogP contribution in [0.3, 0.4) is 0 Å². The molecule has 31 heavy (non-hydrogen) atoms. The maximum Gasteiger partial charge on any atom is 0.255 e. The zero-order valence-electron chi connectivity index (χ0n) is 17.5. The smallest absolute Gasteiger partial charge is 0.255 e. The summed E-state index contributed by atoms with van der Waals surface area (Å²) in [4.78, 5) is 37.1. The SMILES string of the molecule is CC=C1C=CC(=O)C2=C1CC1(C)CC3C(C)C(=O)C(C(N)=O)=C(O)C3(O)C(O)=C1C2O. The fourth-order valence-corrected chi connectivity index (χ4v) is 5.78. The van der Waals surface area contributed by atoms with Gasteiger partial charge in [0.25, 0.3) is 5.91 Å². The monoisotopic (exact) mass is 427 g/mol. The van der Waals surface area contributed by atoms with Gasteiger partial charge in [0.15, 0.2) is 17.2 Å². The Morgan fingerprint density at radius 2 is 1.87 bits per heavy atom. The van der Waals surface area contributed by atoms with E-state index in [1.807, 2.05) is 13.0 Å². The quantitative estimate of drug-likeness (QED) is 0.394. The maximum absolute atomic E-state index is 12.7. The van der Waals surface area contributed by atoms with Crippen LogP contribution in [0.5, 0.6) is 0 Å². The predicted molar refractivity (Wildman–Crippen MR) is 109 cm³/mol. The van der Waals surface area contributed by atoms with Gasteiger partial charge < -0.3 is 26.2 Å². The van der Waals surface area contributed by atoms with Crippen LogP contribution in [0.15, 0.2) is 57.6 Å². The molecule has 0 saturated carbocycles. The Morgan fingerprint density at radius 1 is 1.23 bits per heavy atom. The van der Waals surface area contributed by atoms with E-state index in [0.29, 0.717) is 5.57 Å². The van der Waals surface area contributed by atoms with Crippen LogP contribution in [-0.2, 0) is 14.4 Å². The first-order chi connectivity index (χ1) is 14.4. The highest BCUT2D eigenvalue weighted by Gasteiger charge is 2.63. The van der Waals surface area contributed by atoms with Crippen LogP contribution in [0.25, 0.3) is 0 Å². The van der Waals surface area contributed by atoms with Crippen LogP contribution >= 0.6 is 0 Å². The summed E-state index contributed by atoms with van der Waals surface area (Å²) in [6.07, 6.45) is 3.71. The number of carbonyl (C=O) groups excluding carboxylic acids is 3. The van der Waals surface area contributed by atoms with E-state index in [1.54, 1.807) is 13.0 Å². The predicted octanol–water partition coefficient (Wildman–Crippen LogP) is 1.22. The standard InChI is InChI=1S/C23H25NO7/c1-4-10-5-6-13(25)14-11(10)7-22(3)8-12-9(2)17(26)15(21(24)30)19(28)23(12,31)20(29)16(22)18(14)27/h4-6,9,12,18,27-29,31H,7-8H2,1-3H3,(H2,24,30). The van der Waals surface area contributed by atoms with Gasteiger partial charge >= 0.3 is 0 Å². The molecule has 5 atom stereocenters. The van der Waals surface area contributed by atoms with Gasteiger partial charge in [-0.2, -0.15) is 0 Å². The number of primary amides is 1. The third-order valence-electron chi connectivity index (χ3n) is 7.36. The molecule has 4 aliphatic carbocycles. The van der Waals surface area contributed by atoms with E-state index in [-0.39, 0.29) is 24.0 Å². The maximum atomic E-state index is 12.7. The molecule has 0 aromatic heterocycles. The molecule has 6 N–H and O–H groups in total. The Morgan fingerprint density at radius 3 is 2.45 bits per heavy atom. The number of fused-ring (bicyclic) bond motifs is 2. The van der Waals surface area contributed by atoms with Crippen molar-refractivity contribution in [1.82, 2.24) is 0 Å². The topological polar surface area (TPSA) is 158 Å². The molecular weight excluding hydrogens is 402 g/mol. The first kappa shape index (κ1) is 21.3. The number of aliphatic hydroxyl groups excluding tert-OH is 3. The van der Waals surface area contributed by atoms with Crippen LogP contribution in [0.1, 0.15) is 33.6 Å². The van der Waals surface area contributed by atoms with Crippen molar-refractivity contribution in [1.29, 1.82) is 0 Å². The Hall–Kier alpha value is -2.97. The van der Waals surface area contributed by atoms with Gasteiger partial charge in [-0.05, 0) is 42.4 Å². The lowest BCUT2D eigenvalue weighted by molar-refractivity contribution is -0.136. The zero-order chi connectivity index (χ0) is 23.0. The van der Waals surface area contributed by atoms with Crippen molar-refractivity contribution in [3.63, 3.8) is 0 Å². The second-order valence-corrected chi connectivity index (χ2v) is 9.05. The van der Waals surface area contributed by atoms with Crippen molar-refractivity contribution in [2.45, 2.75) is 45.3 Å². The summed E-state index contributed by atoms with van der Waals surface area (Å²) in [7, 11) is 0. The molecule has 0 bridgehead atoms. The molecule has 0 aromatic rings. The van der Waals surface area contributed by atoms with Crippen LogP contribution in [0, 0.1) is 17.3 Å². The fraction of sp³-hybridized carbons (Fsp3) is 0.435. The van der Waals surface area contributed by atoms with Gasteiger partial charge in [0, 0.05) is 23.0 Å². The largest absolute Gasteiger partial charge is 0.509 e. The van der Waals surface area contributed by atoms with Crippen molar-refractivity contribution < 1.29 is 34.8 Å². The third kappa shape index (κ3) is 2.52. The van der Waals surface area contributed by atoms with Crippen LogP contribution in [-0.4, -0.2) is 49.6 Å². The molecule has 1 amide bonds. The molecule has 0 heterocycles. The number of rotatable bonds is 1. The summed E-state index contributed by atoms with van der Waals surface area (Å²) in [5.41, 5.74) is 2.66. The van der Waals surface area contributed by atoms with Gasteiger partial charge in [-0.25, -0.2) is 0 Å². The normalized spacial score (nSPS) is 39.0. The Bertz CT molecular complexity index is 1100. The summed E-state index contributed by atoms with van der Waals surface area (Å²) in [6.45, 7) is 5.10. The molecule has 0 aliphatic heterocycles. The Labute approximate surface area is 178 Å². The number of amides is 1. The number of ketones is 2. The van der Waals surface area contributed by atoms with E-state index in [4.69, 9.17) is 5.73 Å². The highest BCUT2D eigenvalue weighted by Crippen LogP contribution is 2.60. The van der Waals surface area contributed by atoms with Gasteiger partial charge in [-0.1, -0.05) is 26.0 Å². The van der Waals surface area contributed by atoms with Gasteiger partial charge in [-0.3, -0.25) is 14.4 Å². The average Bonchev–Trinajstić information content (AvgIpc) is 2.68. The number of allylic oxidation sites excluding steroid dienone is 5. The third-order valence-corrected chi connectivity index (χ3v) is 7.36. The van der Waals surface area contributed by atoms with E-state index in [2.05, 4.69) is 0 Å². The number of hydrogen-bond donors (Lipinski definition) is 5. The summed E-state index contributed by atoms with van der Waals surface area (Å²) in [5, 5.41) is 44.6. The molecule has 8 heteroatoms. The minimum Gasteiger partial charge on any atom is -0.509 e. The molecule has 4 rings (SSSR count). The minimum atomic E-state index is -2.47. The Kier molecular flexibility index (Phi) is 4.47. The van der Waals surface area contributed by atoms with Crippen LogP contribution < -0.4 is 5.73 Å². The van der Waals surface area contributed by atoms with Crippen LogP contribution in [0.4, 0.5) is 0 Å². The summed E-state index contributed by atoms with van der Waals surface area (Å²) in [6, 6.07) is 0. The van der Waals surface area contributed by atoms with Crippen molar-refractivity contribution in [2.75, 3.05) is 0 Å². The van der Waals surface area contributed by atoms with E-state index >= 15 is 0 Å². The highest BCUT2D eigenvalue weighted by molar-refractivity contribution is 6.21. The van der Waals surface area contributed by atoms with Crippen molar-refractivity contribution in [3.05, 3.63) is 57.6 Å². The highest BCUT2D eigenvalue weighted by atomic mass is 16.4. The second kappa shape index (κ2) is 6.51. The fourth-order valence-electron chi connectivity index (χ4n) is 5.78. The molecule has 0 radical (unpaired) electrons. The van der Waals surface area contributed by atoms with Gasteiger partial charge in [0.1, 0.15) is 23.2 Å². The molecule has 4 aliphatic rings. The number of hydrogen-bond acceptors (Lipinski definition) is 7. The van der Waals surface area contributed by atoms with E-state index in [9.17, 15) is 34.8 Å².